The fourth-order valence-corrected chi connectivity index (χ4v) is 7.32. The van der Waals surface area contributed by atoms with Crippen LogP contribution in [0, 0.1) is 22.7 Å². The number of hydrogen-bond acceptors (Lipinski definition) is 8. The Labute approximate surface area is 236 Å². The Kier molecular flexibility index (Phi) is 14.6. The van der Waals surface area contributed by atoms with Gasteiger partial charge in [-0.3, -0.25) is 4.79 Å². The molecule has 0 aromatic rings. The number of esters is 1. The van der Waals surface area contributed by atoms with Crippen LogP contribution in [-0.2, 0) is 19.1 Å². The molecule has 4 rings (SSSR count). The maximum absolute atomic E-state index is 10.5. The molecule has 3 saturated carbocycles. The van der Waals surface area contributed by atoms with Crippen molar-refractivity contribution in [1.29, 1.82) is 0 Å². The van der Waals surface area contributed by atoms with Crippen LogP contribution in [0.2, 0.25) is 0 Å². The highest BCUT2D eigenvalue weighted by molar-refractivity contribution is 5.69. The number of isocyanates is 2. The predicted octanol–water partition coefficient (Wildman–Crippen LogP) is 5.76. The number of hydrogen-bond donors (Lipinski definition) is 2. The first-order valence-electron chi connectivity index (χ1n) is 15.3. The molecule has 1 aliphatic heterocycles. The van der Waals surface area contributed by atoms with E-state index in [1.165, 1.54) is 38.5 Å². The van der Waals surface area contributed by atoms with Crippen LogP contribution in [0.3, 0.4) is 0 Å². The summed E-state index contributed by atoms with van der Waals surface area (Å²) in [6, 6.07) is 0.806. The van der Waals surface area contributed by atoms with Crippen LogP contribution in [0.25, 0.3) is 0 Å². The van der Waals surface area contributed by atoms with Gasteiger partial charge in [-0.1, -0.05) is 20.8 Å². The zero-order valence-corrected chi connectivity index (χ0v) is 24.8. The highest BCUT2D eigenvalue weighted by Crippen LogP contribution is 2.44. The van der Waals surface area contributed by atoms with E-state index in [2.05, 4.69) is 30.8 Å². The lowest BCUT2D eigenvalue weighted by atomic mass is 9.63. The molecule has 0 aromatic carbocycles. The van der Waals surface area contributed by atoms with Gasteiger partial charge in [-0.2, -0.15) is 0 Å². The summed E-state index contributed by atoms with van der Waals surface area (Å²) in [6.07, 6.45) is 20.9. The fraction of sp³-hybridized carbons (Fsp3) is 0.903. The van der Waals surface area contributed by atoms with Crippen LogP contribution < -0.4 is 11.5 Å². The summed E-state index contributed by atoms with van der Waals surface area (Å²) in [6.45, 7) is 8.25. The average Bonchev–Trinajstić information content (AvgIpc) is 3.13. The SMILES string of the molecule is CC1(C)CC(N)CC(C)(CN)C1.O=C1CCCCCO1.O=C=NC1CCC(CC2CCC(N=C=O)CC2)CC1. The molecule has 4 aliphatic rings. The summed E-state index contributed by atoms with van der Waals surface area (Å²) >= 11 is 0. The minimum absolute atomic E-state index is 0.0255. The summed E-state index contributed by atoms with van der Waals surface area (Å²) in [5, 5.41) is 0. The lowest BCUT2D eigenvalue weighted by molar-refractivity contribution is -0.142. The smallest absolute Gasteiger partial charge is 0.305 e. The number of carbonyl (C=O) groups is 1. The second kappa shape index (κ2) is 17.1. The normalized spacial score (nSPS) is 34.2. The van der Waals surface area contributed by atoms with Crippen LogP contribution in [0.1, 0.15) is 124 Å². The van der Waals surface area contributed by atoms with Crippen molar-refractivity contribution in [1.82, 2.24) is 0 Å². The minimum atomic E-state index is -0.0255. The van der Waals surface area contributed by atoms with Crippen molar-refractivity contribution in [2.24, 2.45) is 44.1 Å². The third-order valence-corrected chi connectivity index (χ3v) is 9.03. The van der Waals surface area contributed by atoms with Gasteiger partial charge in [0.25, 0.3) is 0 Å². The molecule has 8 nitrogen and oxygen atoms in total. The Balaban J connectivity index is 0.000000227. The van der Waals surface area contributed by atoms with Crippen LogP contribution >= 0.6 is 0 Å². The summed E-state index contributed by atoms with van der Waals surface area (Å²) in [5.74, 6) is 1.57. The van der Waals surface area contributed by atoms with Gasteiger partial charge in [0.05, 0.1) is 18.7 Å². The van der Waals surface area contributed by atoms with E-state index in [1.54, 1.807) is 12.2 Å². The zero-order chi connectivity index (χ0) is 28.7. The highest BCUT2D eigenvalue weighted by atomic mass is 16.5. The number of rotatable bonds is 5. The molecule has 0 amide bonds. The quantitative estimate of drug-likeness (QED) is 0.255. The molecular formula is C31H54N4O4. The number of ether oxygens (including phenoxy) is 1. The average molecular weight is 547 g/mol. The van der Waals surface area contributed by atoms with Crippen molar-refractivity contribution >= 4 is 18.1 Å². The van der Waals surface area contributed by atoms with Crippen molar-refractivity contribution < 1.29 is 19.1 Å². The van der Waals surface area contributed by atoms with Gasteiger partial charge >= 0.3 is 5.97 Å². The molecule has 2 unspecified atom stereocenters. The summed E-state index contributed by atoms with van der Waals surface area (Å²) in [5.41, 5.74) is 12.4. The first-order chi connectivity index (χ1) is 18.6. The van der Waals surface area contributed by atoms with E-state index in [9.17, 15) is 14.4 Å². The van der Waals surface area contributed by atoms with Crippen molar-refractivity contribution in [3.05, 3.63) is 0 Å². The maximum atomic E-state index is 10.5. The third kappa shape index (κ3) is 13.4. The Morgan fingerprint density at radius 2 is 1.38 bits per heavy atom. The number of nitrogens with zero attached hydrogens (tertiary/aromatic N) is 2. The van der Waals surface area contributed by atoms with E-state index in [-0.39, 0.29) is 23.5 Å². The fourth-order valence-electron chi connectivity index (χ4n) is 7.32. The molecule has 1 saturated heterocycles. The molecule has 222 valence electrons. The van der Waals surface area contributed by atoms with E-state index >= 15 is 0 Å². The van der Waals surface area contributed by atoms with Crippen LogP contribution in [0.4, 0.5) is 0 Å². The van der Waals surface area contributed by atoms with Gasteiger partial charge in [-0.05, 0) is 126 Å². The van der Waals surface area contributed by atoms with E-state index in [1.807, 2.05) is 0 Å². The molecule has 4 fully saturated rings. The monoisotopic (exact) mass is 546 g/mol. The molecule has 0 spiro atoms. The van der Waals surface area contributed by atoms with E-state index in [0.717, 1.165) is 76.2 Å². The molecule has 4 N–H and O–H groups in total. The van der Waals surface area contributed by atoms with Gasteiger partial charge in [0, 0.05) is 12.5 Å². The van der Waals surface area contributed by atoms with Gasteiger partial charge < -0.3 is 16.2 Å². The van der Waals surface area contributed by atoms with Gasteiger partial charge in [-0.15, -0.1) is 0 Å². The molecule has 1 heterocycles. The first kappa shape index (κ1) is 33.4. The topological polar surface area (TPSA) is 137 Å². The predicted molar refractivity (Wildman–Crippen MR) is 155 cm³/mol. The van der Waals surface area contributed by atoms with E-state index in [0.29, 0.717) is 24.5 Å². The van der Waals surface area contributed by atoms with Gasteiger partial charge in [0.15, 0.2) is 0 Å². The van der Waals surface area contributed by atoms with Gasteiger partial charge in [0.1, 0.15) is 0 Å². The largest absolute Gasteiger partial charge is 0.466 e. The maximum Gasteiger partial charge on any atom is 0.305 e. The van der Waals surface area contributed by atoms with Crippen molar-refractivity contribution in [2.75, 3.05) is 13.2 Å². The Bertz CT molecular complexity index is 774. The molecule has 2 atom stereocenters. The molecule has 3 aliphatic carbocycles. The summed E-state index contributed by atoms with van der Waals surface area (Å²) < 4.78 is 4.76. The van der Waals surface area contributed by atoms with Crippen molar-refractivity contribution in [3.8, 4) is 0 Å². The highest BCUT2D eigenvalue weighted by Gasteiger charge is 2.39. The van der Waals surface area contributed by atoms with Crippen LogP contribution in [0.15, 0.2) is 9.98 Å². The van der Waals surface area contributed by atoms with E-state index < -0.39 is 0 Å². The third-order valence-electron chi connectivity index (χ3n) is 9.03. The number of carbonyl (C=O) groups excluding carboxylic acids is 3. The zero-order valence-electron chi connectivity index (χ0n) is 24.8. The van der Waals surface area contributed by atoms with Gasteiger partial charge in [0.2, 0.25) is 12.2 Å². The number of cyclic esters (lactones) is 1. The molecule has 0 radical (unpaired) electrons. The number of nitrogens with two attached hydrogens (primary N) is 2. The summed E-state index contributed by atoms with van der Waals surface area (Å²) in [4.78, 5) is 38.6. The Morgan fingerprint density at radius 1 is 0.846 bits per heavy atom. The van der Waals surface area contributed by atoms with Crippen LogP contribution in [0.5, 0.6) is 0 Å². The lowest BCUT2D eigenvalue weighted by Crippen LogP contribution is -2.45. The molecule has 8 heteroatoms. The second-order valence-corrected chi connectivity index (χ2v) is 13.6. The first-order valence-corrected chi connectivity index (χ1v) is 15.3. The molecular weight excluding hydrogens is 492 g/mol. The number of aliphatic imine (C=N–C) groups is 2. The summed E-state index contributed by atoms with van der Waals surface area (Å²) in [7, 11) is 0. The lowest BCUT2D eigenvalue weighted by Gasteiger charge is -2.45. The van der Waals surface area contributed by atoms with Crippen LogP contribution in [-0.4, -0.2) is 49.4 Å². The molecule has 39 heavy (non-hydrogen) atoms. The molecule has 0 bridgehead atoms. The Morgan fingerprint density at radius 3 is 1.85 bits per heavy atom. The van der Waals surface area contributed by atoms with E-state index in [4.69, 9.17) is 16.2 Å². The van der Waals surface area contributed by atoms with Gasteiger partial charge in [-0.25, -0.2) is 19.6 Å². The van der Waals surface area contributed by atoms with Crippen molar-refractivity contribution in [3.63, 3.8) is 0 Å². The second-order valence-electron chi connectivity index (χ2n) is 13.6. The molecule has 0 aromatic heterocycles. The standard InChI is InChI=1S/C15H22N2O2.C10H22N2.C6H10O2/c18-10-16-14-5-1-12(2-6-14)9-13-3-7-15(8-4-13)17-11-19;1-9(2)4-8(12)5-10(3,6-9)7-11;7-6-4-2-1-3-5-8-6/h12-15H,1-9H2;8H,4-7,11-12H2,1-3H3;1-5H2. The minimum Gasteiger partial charge on any atom is -0.466 e. The van der Waals surface area contributed by atoms with Crippen molar-refractivity contribution in [2.45, 2.75) is 142 Å². The Hall–Kier alpha value is -1.85.